The molecule has 4 rings (SSSR count). The van der Waals surface area contributed by atoms with E-state index < -0.39 is 6.10 Å². The summed E-state index contributed by atoms with van der Waals surface area (Å²) in [5.41, 5.74) is 2.73. The van der Waals surface area contributed by atoms with Crippen molar-refractivity contribution in [1.29, 1.82) is 0 Å². The number of aromatic nitrogens is 2. The molecule has 1 aromatic heterocycles. The van der Waals surface area contributed by atoms with Crippen LogP contribution in [0.3, 0.4) is 0 Å². The van der Waals surface area contributed by atoms with Gasteiger partial charge in [0.2, 0.25) is 0 Å². The zero-order valence-corrected chi connectivity index (χ0v) is 17.5. The monoisotopic (exact) mass is 427 g/mol. The Balaban J connectivity index is 1.38. The number of nitrogens with zero attached hydrogens (tertiary/aromatic N) is 2. The molecule has 1 aliphatic rings. The van der Waals surface area contributed by atoms with E-state index in [0.29, 0.717) is 36.8 Å². The van der Waals surface area contributed by atoms with E-state index >= 15 is 0 Å². The fourth-order valence-corrected chi connectivity index (χ4v) is 3.86. The van der Waals surface area contributed by atoms with E-state index in [1.165, 1.54) is 12.1 Å². The average Bonchev–Trinajstić information content (AvgIpc) is 3.24. The summed E-state index contributed by atoms with van der Waals surface area (Å²) in [6.07, 6.45) is 1.51. The zero-order chi connectivity index (χ0) is 21.8. The molecule has 0 aliphatic carbocycles. The van der Waals surface area contributed by atoms with Crippen LogP contribution in [0.5, 0.6) is 17.2 Å². The van der Waals surface area contributed by atoms with Crippen molar-refractivity contribution in [2.24, 2.45) is 0 Å². The van der Waals surface area contributed by atoms with Crippen LogP contribution in [-0.4, -0.2) is 59.7 Å². The van der Waals surface area contributed by atoms with Crippen molar-refractivity contribution in [2.45, 2.75) is 25.2 Å². The molecule has 1 fully saturated rings. The lowest BCUT2D eigenvalue weighted by molar-refractivity contribution is -0.0275. The number of benzene rings is 2. The highest BCUT2D eigenvalue weighted by atomic mass is 19.1. The number of aliphatic hydroxyl groups is 1. The van der Waals surface area contributed by atoms with Gasteiger partial charge in [-0.2, -0.15) is 5.10 Å². The second kappa shape index (κ2) is 9.36. The lowest BCUT2D eigenvalue weighted by atomic mass is 10.0. The minimum Gasteiger partial charge on any atom is -0.493 e. The van der Waals surface area contributed by atoms with Gasteiger partial charge in [0.05, 0.1) is 26.1 Å². The topological polar surface area (TPSA) is 79.8 Å². The van der Waals surface area contributed by atoms with Crippen LogP contribution >= 0.6 is 0 Å². The molecule has 2 N–H and O–H groups in total. The van der Waals surface area contributed by atoms with E-state index in [2.05, 4.69) is 15.1 Å². The van der Waals surface area contributed by atoms with Crippen molar-refractivity contribution in [2.75, 3.05) is 27.3 Å². The number of nitrogens with one attached hydrogen (secondary N) is 1. The summed E-state index contributed by atoms with van der Waals surface area (Å²) in [4.78, 5) is 2.16. The van der Waals surface area contributed by atoms with Gasteiger partial charge < -0.3 is 19.3 Å². The fraction of sp³-hybridized carbons (Fsp3) is 0.348. The van der Waals surface area contributed by atoms with Crippen LogP contribution in [0.25, 0.3) is 11.3 Å². The summed E-state index contributed by atoms with van der Waals surface area (Å²) in [5.74, 6) is 1.57. The number of methoxy groups -OCH3 is 2. The SMILES string of the molecule is COc1ccc(O[C@@H]2CCN(Cc3cn[nH]c3-c3ccc(F)cc3)C[C@H]2O)cc1OC. The van der Waals surface area contributed by atoms with Crippen molar-refractivity contribution < 1.29 is 23.7 Å². The molecule has 0 radical (unpaired) electrons. The maximum Gasteiger partial charge on any atom is 0.164 e. The first-order valence-electron chi connectivity index (χ1n) is 10.1. The van der Waals surface area contributed by atoms with Gasteiger partial charge in [0.25, 0.3) is 0 Å². The summed E-state index contributed by atoms with van der Waals surface area (Å²) < 4.78 is 29.8. The smallest absolute Gasteiger partial charge is 0.164 e. The molecule has 0 amide bonds. The summed E-state index contributed by atoms with van der Waals surface area (Å²) in [6, 6.07) is 11.7. The molecule has 7 nitrogen and oxygen atoms in total. The third-order valence-corrected chi connectivity index (χ3v) is 5.49. The van der Waals surface area contributed by atoms with Crippen molar-refractivity contribution in [3.63, 3.8) is 0 Å². The summed E-state index contributed by atoms with van der Waals surface area (Å²) in [5, 5.41) is 17.8. The number of hydrogen-bond acceptors (Lipinski definition) is 6. The highest BCUT2D eigenvalue weighted by Crippen LogP contribution is 2.32. The van der Waals surface area contributed by atoms with Gasteiger partial charge in [0.1, 0.15) is 23.8 Å². The third-order valence-electron chi connectivity index (χ3n) is 5.49. The number of aliphatic hydroxyl groups excluding tert-OH is 1. The molecule has 0 saturated carbocycles. The summed E-state index contributed by atoms with van der Waals surface area (Å²) in [7, 11) is 3.16. The van der Waals surface area contributed by atoms with E-state index in [1.54, 1.807) is 50.7 Å². The molecule has 31 heavy (non-hydrogen) atoms. The van der Waals surface area contributed by atoms with Crippen LogP contribution in [0.15, 0.2) is 48.7 Å². The molecule has 2 aromatic carbocycles. The Kier molecular flexibility index (Phi) is 6.39. The molecule has 1 saturated heterocycles. The number of H-pyrrole nitrogens is 1. The van der Waals surface area contributed by atoms with Crippen LogP contribution in [-0.2, 0) is 6.54 Å². The van der Waals surface area contributed by atoms with Crippen LogP contribution in [0.4, 0.5) is 4.39 Å². The number of hydrogen-bond donors (Lipinski definition) is 2. The number of likely N-dealkylation sites (tertiary alicyclic amines) is 1. The molecule has 1 aliphatic heterocycles. The van der Waals surface area contributed by atoms with E-state index in [1.807, 2.05) is 0 Å². The quantitative estimate of drug-likeness (QED) is 0.603. The lowest BCUT2D eigenvalue weighted by Crippen LogP contribution is -2.48. The van der Waals surface area contributed by atoms with E-state index in [4.69, 9.17) is 14.2 Å². The van der Waals surface area contributed by atoms with Crippen LogP contribution in [0.1, 0.15) is 12.0 Å². The Bertz CT molecular complexity index is 1010. The minimum atomic E-state index is -0.636. The minimum absolute atomic E-state index is 0.274. The standard InChI is InChI=1S/C23H26FN3O4/c1-29-21-8-7-18(11-22(21)30-2)31-20-9-10-27(14-19(20)28)13-16-12-25-26-23(16)15-3-5-17(24)6-4-15/h3-8,11-12,19-20,28H,9-10,13-14H2,1-2H3,(H,25,26)/t19-,20-/m1/s1. The van der Waals surface area contributed by atoms with Crippen molar-refractivity contribution in [1.82, 2.24) is 15.1 Å². The van der Waals surface area contributed by atoms with Gasteiger partial charge in [-0.25, -0.2) is 4.39 Å². The summed E-state index contributed by atoms with van der Waals surface area (Å²) in [6.45, 7) is 1.87. The Morgan fingerprint density at radius 2 is 1.90 bits per heavy atom. The zero-order valence-electron chi connectivity index (χ0n) is 17.5. The van der Waals surface area contributed by atoms with Crippen molar-refractivity contribution in [3.05, 3.63) is 60.0 Å². The van der Waals surface area contributed by atoms with Gasteiger partial charge >= 0.3 is 0 Å². The van der Waals surface area contributed by atoms with Gasteiger partial charge in [-0.05, 0) is 42.8 Å². The second-order valence-corrected chi connectivity index (χ2v) is 7.54. The van der Waals surface area contributed by atoms with Gasteiger partial charge in [-0.1, -0.05) is 0 Å². The number of piperidine rings is 1. The molecule has 8 heteroatoms. The number of β-amino-alcohol motifs (C(OH)–C–C–N with tert-alkyl or cyclic N) is 1. The first-order chi connectivity index (χ1) is 15.1. The number of aromatic amines is 1. The van der Waals surface area contributed by atoms with Gasteiger partial charge in [0.15, 0.2) is 11.5 Å². The Morgan fingerprint density at radius 1 is 1.13 bits per heavy atom. The summed E-state index contributed by atoms with van der Waals surface area (Å²) >= 11 is 0. The van der Waals surface area contributed by atoms with Gasteiger partial charge in [-0.3, -0.25) is 10.00 Å². The lowest BCUT2D eigenvalue weighted by Gasteiger charge is -2.36. The van der Waals surface area contributed by atoms with Crippen LogP contribution < -0.4 is 14.2 Å². The molecular formula is C23H26FN3O4. The molecule has 0 spiro atoms. The first-order valence-corrected chi connectivity index (χ1v) is 10.1. The number of rotatable bonds is 7. The van der Waals surface area contributed by atoms with Crippen LogP contribution in [0, 0.1) is 5.82 Å². The third kappa shape index (κ3) is 4.81. The molecular weight excluding hydrogens is 401 g/mol. The Labute approximate surface area is 180 Å². The predicted octanol–water partition coefficient (Wildman–Crippen LogP) is 3.25. The molecule has 2 heterocycles. The molecule has 3 aromatic rings. The van der Waals surface area contributed by atoms with Crippen LogP contribution in [0.2, 0.25) is 0 Å². The van der Waals surface area contributed by atoms with E-state index in [9.17, 15) is 9.50 Å². The van der Waals surface area contributed by atoms with Crippen molar-refractivity contribution in [3.8, 4) is 28.5 Å². The highest BCUT2D eigenvalue weighted by molar-refractivity contribution is 5.62. The highest BCUT2D eigenvalue weighted by Gasteiger charge is 2.30. The maximum atomic E-state index is 13.2. The number of ether oxygens (including phenoxy) is 3. The molecule has 0 unspecified atom stereocenters. The largest absolute Gasteiger partial charge is 0.493 e. The van der Waals surface area contributed by atoms with Gasteiger partial charge in [-0.15, -0.1) is 0 Å². The Hall–Kier alpha value is -3.10. The average molecular weight is 427 g/mol. The molecule has 2 atom stereocenters. The fourth-order valence-electron chi connectivity index (χ4n) is 3.86. The van der Waals surface area contributed by atoms with Gasteiger partial charge in [0, 0.05) is 36.8 Å². The molecule has 0 bridgehead atoms. The molecule has 164 valence electrons. The Morgan fingerprint density at radius 3 is 2.61 bits per heavy atom. The van der Waals surface area contributed by atoms with E-state index in [-0.39, 0.29) is 11.9 Å². The second-order valence-electron chi connectivity index (χ2n) is 7.54. The number of halogens is 1. The van der Waals surface area contributed by atoms with E-state index in [0.717, 1.165) is 23.4 Å². The van der Waals surface area contributed by atoms with Crippen molar-refractivity contribution >= 4 is 0 Å². The maximum absolute atomic E-state index is 13.2. The predicted molar refractivity (Wildman–Crippen MR) is 114 cm³/mol. The first kappa shape index (κ1) is 21.1. The normalized spacial score (nSPS) is 19.2.